The number of fused-ring (bicyclic) bond motifs is 1. The van der Waals surface area contributed by atoms with Crippen LogP contribution in [0.4, 0.5) is 5.82 Å². The molecule has 1 aliphatic heterocycles. The minimum absolute atomic E-state index is 0.174. The molecule has 8 heteroatoms. The van der Waals surface area contributed by atoms with Crippen LogP contribution in [0.5, 0.6) is 0 Å². The van der Waals surface area contributed by atoms with Crippen LogP contribution in [-0.2, 0) is 19.9 Å². The van der Waals surface area contributed by atoms with Gasteiger partial charge in [0, 0.05) is 44.7 Å². The van der Waals surface area contributed by atoms with Crippen molar-refractivity contribution in [2.45, 2.75) is 25.9 Å². The maximum Gasteiger partial charge on any atom is 0.222 e. The third-order valence-electron chi connectivity index (χ3n) is 4.77. The number of methoxy groups -OCH3 is 1. The zero-order valence-corrected chi connectivity index (χ0v) is 15.5. The van der Waals surface area contributed by atoms with Gasteiger partial charge in [0.15, 0.2) is 5.82 Å². The summed E-state index contributed by atoms with van der Waals surface area (Å²) in [6, 6.07) is 5.78. The van der Waals surface area contributed by atoms with Gasteiger partial charge in [0.2, 0.25) is 5.91 Å². The van der Waals surface area contributed by atoms with Gasteiger partial charge in [-0.3, -0.25) is 4.79 Å². The number of carbonyl (C=O) groups is 1. The second-order valence-corrected chi connectivity index (χ2v) is 6.75. The zero-order valence-electron chi connectivity index (χ0n) is 15.5. The molecule has 140 valence electrons. The predicted molar refractivity (Wildman–Crippen MR) is 99.8 cm³/mol. The normalized spacial score (nSPS) is 19.5. The SMILES string of the molecule is CO[C@]1(c2cc(C)cc(-n3ncc4cnc(NC(C)=O)cc43)n2)CCOC1. The topological polar surface area (TPSA) is 91.2 Å². The number of nitrogens with zero attached hydrogens (tertiary/aromatic N) is 4. The third kappa shape index (κ3) is 3.17. The van der Waals surface area contributed by atoms with E-state index >= 15 is 0 Å². The monoisotopic (exact) mass is 367 g/mol. The largest absolute Gasteiger partial charge is 0.378 e. The number of rotatable bonds is 4. The van der Waals surface area contributed by atoms with E-state index in [2.05, 4.69) is 15.4 Å². The van der Waals surface area contributed by atoms with Gasteiger partial charge in [-0.2, -0.15) is 5.10 Å². The van der Waals surface area contributed by atoms with Crippen molar-refractivity contribution in [1.82, 2.24) is 19.7 Å². The highest BCUT2D eigenvalue weighted by Gasteiger charge is 2.38. The van der Waals surface area contributed by atoms with E-state index in [9.17, 15) is 4.79 Å². The van der Waals surface area contributed by atoms with E-state index in [0.717, 1.165) is 28.6 Å². The van der Waals surface area contributed by atoms with E-state index in [4.69, 9.17) is 14.5 Å². The van der Waals surface area contributed by atoms with E-state index in [1.165, 1.54) is 6.92 Å². The molecular formula is C19H21N5O3. The van der Waals surface area contributed by atoms with Gasteiger partial charge in [-0.05, 0) is 24.6 Å². The van der Waals surface area contributed by atoms with Crippen molar-refractivity contribution in [3.8, 4) is 5.82 Å². The summed E-state index contributed by atoms with van der Waals surface area (Å²) in [7, 11) is 1.69. The Balaban J connectivity index is 1.82. The molecule has 0 aliphatic carbocycles. The number of hydrogen-bond donors (Lipinski definition) is 1. The summed E-state index contributed by atoms with van der Waals surface area (Å²) in [5, 5.41) is 8.03. The molecule has 1 atom stereocenters. The van der Waals surface area contributed by atoms with Gasteiger partial charge >= 0.3 is 0 Å². The summed E-state index contributed by atoms with van der Waals surface area (Å²) in [6.07, 6.45) is 4.17. The Bertz CT molecular complexity index is 1010. The van der Waals surface area contributed by atoms with Crippen LogP contribution in [0, 0.1) is 6.92 Å². The lowest BCUT2D eigenvalue weighted by Crippen LogP contribution is -2.30. The molecule has 0 unspecified atom stereocenters. The third-order valence-corrected chi connectivity index (χ3v) is 4.77. The summed E-state index contributed by atoms with van der Waals surface area (Å²) in [5.41, 5.74) is 2.16. The quantitative estimate of drug-likeness (QED) is 0.761. The van der Waals surface area contributed by atoms with Crippen LogP contribution in [0.25, 0.3) is 16.7 Å². The number of ether oxygens (including phenoxy) is 2. The Morgan fingerprint density at radius 1 is 1.33 bits per heavy atom. The first-order valence-corrected chi connectivity index (χ1v) is 8.74. The highest BCUT2D eigenvalue weighted by atomic mass is 16.5. The molecule has 0 saturated carbocycles. The van der Waals surface area contributed by atoms with Gasteiger partial charge in [0.25, 0.3) is 0 Å². The van der Waals surface area contributed by atoms with Crippen molar-refractivity contribution < 1.29 is 14.3 Å². The fraction of sp³-hybridized carbons (Fsp3) is 0.368. The molecule has 0 bridgehead atoms. The van der Waals surface area contributed by atoms with Crippen molar-refractivity contribution in [1.29, 1.82) is 0 Å². The highest BCUT2D eigenvalue weighted by molar-refractivity contribution is 5.90. The van der Waals surface area contributed by atoms with Gasteiger partial charge in [0.05, 0.1) is 24.0 Å². The molecule has 0 aromatic carbocycles. The molecule has 1 aliphatic rings. The Morgan fingerprint density at radius 3 is 2.89 bits per heavy atom. The van der Waals surface area contributed by atoms with Crippen LogP contribution in [0.15, 0.2) is 30.6 Å². The molecule has 3 aromatic rings. The molecule has 8 nitrogen and oxygen atoms in total. The Morgan fingerprint density at radius 2 is 2.19 bits per heavy atom. The van der Waals surface area contributed by atoms with E-state index in [0.29, 0.717) is 24.8 Å². The number of anilines is 1. The molecular weight excluding hydrogens is 346 g/mol. The first kappa shape index (κ1) is 17.6. The van der Waals surface area contributed by atoms with Gasteiger partial charge in [-0.25, -0.2) is 14.6 Å². The van der Waals surface area contributed by atoms with E-state index < -0.39 is 5.60 Å². The standard InChI is InChI=1S/C19H21N5O3/c1-12-6-16(19(26-3)4-5-27-11-19)23-18(7-12)24-15-8-17(22-13(2)25)20-9-14(15)10-21-24/h6-10H,4-5,11H2,1-3H3,(H,20,22,25)/t19-/m1/s1. The van der Waals surface area contributed by atoms with Crippen LogP contribution in [0.3, 0.4) is 0 Å². The second kappa shape index (κ2) is 6.71. The molecule has 1 fully saturated rings. The summed E-state index contributed by atoms with van der Waals surface area (Å²) < 4.78 is 13.1. The smallest absolute Gasteiger partial charge is 0.222 e. The number of aryl methyl sites for hydroxylation is 1. The fourth-order valence-electron chi connectivity index (χ4n) is 3.36. The molecule has 27 heavy (non-hydrogen) atoms. The number of hydrogen-bond acceptors (Lipinski definition) is 6. The molecule has 1 N–H and O–H groups in total. The number of carbonyl (C=O) groups excluding carboxylic acids is 1. The Labute approximate surface area is 156 Å². The summed E-state index contributed by atoms with van der Waals surface area (Å²) in [5.74, 6) is 0.984. The zero-order chi connectivity index (χ0) is 19.0. The first-order valence-electron chi connectivity index (χ1n) is 8.74. The van der Waals surface area contributed by atoms with Crippen molar-refractivity contribution in [3.63, 3.8) is 0 Å². The molecule has 4 rings (SSSR count). The van der Waals surface area contributed by atoms with E-state index in [1.54, 1.807) is 30.3 Å². The van der Waals surface area contributed by atoms with Crippen molar-refractivity contribution in [3.05, 3.63) is 41.9 Å². The maximum absolute atomic E-state index is 11.3. The van der Waals surface area contributed by atoms with E-state index in [-0.39, 0.29) is 5.91 Å². The molecule has 0 spiro atoms. The predicted octanol–water partition coefficient (Wildman–Crippen LogP) is 2.34. The van der Waals surface area contributed by atoms with Crippen molar-refractivity contribution in [2.24, 2.45) is 0 Å². The lowest BCUT2D eigenvalue weighted by molar-refractivity contribution is -0.114. The molecule has 0 radical (unpaired) electrons. The minimum atomic E-state index is -0.535. The van der Waals surface area contributed by atoms with Gasteiger partial charge in [-0.15, -0.1) is 0 Å². The number of aromatic nitrogens is 4. The highest BCUT2D eigenvalue weighted by Crippen LogP contribution is 2.34. The molecule has 1 amide bonds. The number of amides is 1. The summed E-state index contributed by atoms with van der Waals surface area (Å²) >= 11 is 0. The van der Waals surface area contributed by atoms with Crippen molar-refractivity contribution in [2.75, 3.05) is 25.6 Å². The van der Waals surface area contributed by atoms with Crippen LogP contribution in [0.2, 0.25) is 0 Å². The van der Waals surface area contributed by atoms with Crippen LogP contribution >= 0.6 is 0 Å². The Hall–Kier alpha value is -2.84. The fourth-order valence-corrected chi connectivity index (χ4v) is 3.36. The lowest BCUT2D eigenvalue weighted by atomic mass is 9.97. The van der Waals surface area contributed by atoms with Crippen LogP contribution < -0.4 is 5.32 Å². The average Bonchev–Trinajstić information content (AvgIpc) is 3.28. The van der Waals surface area contributed by atoms with E-state index in [1.807, 2.05) is 19.1 Å². The maximum atomic E-state index is 11.3. The number of pyridine rings is 2. The summed E-state index contributed by atoms with van der Waals surface area (Å²) in [6.45, 7) is 4.60. The van der Waals surface area contributed by atoms with Crippen LogP contribution in [0.1, 0.15) is 24.6 Å². The van der Waals surface area contributed by atoms with Crippen LogP contribution in [-0.4, -0.2) is 46.0 Å². The summed E-state index contributed by atoms with van der Waals surface area (Å²) in [4.78, 5) is 20.4. The first-order chi connectivity index (χ1) is 13.0. The minimum Gasteiger partial charge on any atom is -0.378 e. The van der Waals surface area contributed by atoms with Gasteiger partial charge in [0.1, 0.15) is 11.4 Å². The number of nitrogens with one attached hydrogen (secondary N) is 1. The van der Waals surface area contributed by atoms with Crippen molar-refractivity contribution >= 4 is 22.6 Å². The van der Waals surface area contributed by atoms with Gasteiger partial charge in [-0.1, -0.05) is 0 Å². The average molecular weight is 367 g/mol. The molecule has 4 heterocycles. The Kier molecular flexibility index (Phi) is 4.37. The van der Waals surface area contributed by atoms with Gasteiger partial charge < -0.3 is 14.8 Å². The molecule has 3 aromatic heterocycles. The second-order valence-electron chi connectivity index (χ2n) is 6.75. The molecule has 1 saturated heterocycles. The lowest BCUT2D eigenvalue weighted by Gasteiger charge is -2.26.